The summed E-state index contributed by atoms with van der Waals surface area (Å²) >= 11 is 0. The molecule has 0 fully saturated rings. The summed E-state index contributed by atoms with van der Waals surface area (Å²) in [6.45, 7) is 15.6. The van der Waals surface area contributed by atoms with Crippen LogP contribution in [-0.2, 0) is 22.6 Å². The number of amides is 2. The highest BCUT2D eigenvalue weighted by atomic mass is 16.6. The minimum absolute atomic E-state index is 0.321. The van der Waals surface area contributed by atoms with Crippen molar-refractivity contribution >= 4 is 12.2 Å². The van der Waals surface area contributed by atoms with Crippen LogP contribution in [0.2, 0.25) is 0 Å². The molecule has 0 aliphatic carbocycles. The summed E-state index contributed by atoms with van der Waals surface area (Å²) in [6, 6.07) is 3.95. The molecule has 0 bridgehead atoms. The Morgan fingerprint density at radius 3 is 1.77 bits per heavy atom. The molecule has 0 saturated heterocycles. The van der Waals surface area contributed by atoms with Gasteiger partial charge in [0.25, 0.3) is 0 Å². The molecule has 1 aromatic carbocycles. The van der Waals surface area contributed by atoms with Gasteiger partial charge in [-0.05, 0) is 77.6 Å². The first-order valence-corrected chi connectivity index (χ1v) is 8.80. The number of carbonyl (C=O) groups excluding carboxylic acids is 2. The maximum absolute atomic E-state index is 11.9. The average molecular weight is 364 g/mol. The fraction of sp³-hybridized carbons (Fsp3) is 0.600. The lowest BCUT2D eigenvalue weighted by Crippen LogP contribution is -2.34. The Balaban J connectivity index is 2.82. The molecule has 2 N–H and O–H groups in total. The molecule has 0 saturated carbocycles. The van der Waals surface area contributed by atoms with E-state index in [0.717, 1.165) is 22.3 Å². The van der Waals surface area contributed by atoms with E-state index in [2.05, 4.69) is 10.6 Å². The van der Waals surface area contributed by atoms with Gasteiger partial charge >= 0.3 is 12.2 Å². The number of carbonyl (C=O) groups is 2. The molecule has 1 aromatic rings. The van der Waals surface area contributed by atoms with Gasteiger partial charge in [-0.3, -0.25) is 0 Å². The predicted octanol–water partition coefficient (Wildman–Crippen LogP) is 4.35. The molecule has 0 atom stereocenters. The standard InChI is InChI=1S/C20H32N2O4/c1-13-9-10-15(11-21-17(23)25-19(3,4)5)16(14(13)2)12-22-18(24)26-20(6,7)8/h9-10H,11-12H2,1-8H3,(H,21,23)(H,22,24). The van der Waals surface area contributed by atoms with E-state index in [1.807, 2.05) is 67.5 Å². The molecule has 146 valence electrons. The lowest BCUT2D eigenvalue weighted by molar-refractivity contribution is 0.0508. The molecule has 0 spiro atoms. The Labute approximate surface area is 156 Å². The van der Waals surface area contributed by atoms with Crippen LogP contribution in [0.5, 0.6) is 0 Å². The van der Waals surface area contributed by atoms with Crippen LogP contribution in [-0.4, -0.2) is 23.4 Å². The second-order valence-corrected chi connectivity index (χ2v) is 8.36. The Bertz CT molecular complexity index is 655. The van der Waals surface area contributed by atoms with E-state index in [-0.39, 0.29) is 0 Å². The monoisotopic (exact) mass is 364 g/mol. The summed E-state index contributed by atoms with van der Waals surface area (Å²) in [5.41, 5.74) is 2.99. The molecule has 1 rings (SSSR count). The van der Waals surface area contributed by atoms with E-state index in [4.69, 9.17) is 9.47 Å². The SMILES string of the molecule is Cc1ccc(CNC(=O)OC(C)(C)C)c(CNC(=O)OC(C)(C)C)c1C. The molecule has 0 aromatic heterocycles. The second-order valence-electron chi connectivity index (χ2n) is 8.36. The van der Waals surface area contributed by atoms with Gasteiger partial charge in [0.15, 0.2) is 0 Å². The van der Waals surface area contributed by atoms with Crippen molar-refractivity contribution in [3.63, 3.8) is 0 Å². The first-order chi connectivity index (χ1) is 11.8. The zero-order valence-electron chi connectivity index (χ0n) is 17.2. The van der Waals surface area contributed by atoms with E-state index in [0.29, 0.717) is 13.1 Å². The normalized spacial score (nSPS) is 11.7. The van der Waals surface area contributed by atoms with E-state index in [9.17, 15) is 9.59 Å². The Morgan fingerprint density at radius 1 is 0.846 bits per heavy atom. The Morgan fingerprint density at radius 2 is 1.31 bits per heavy atom. The van der Waals surface area contributed by atoms with Gasteiger partial charge in [0, 0.05) is 13.1 Å². The fourth-order valence-electron chi connectivity index (χ4n) is 2.30. The third-order valence-corrected chi connectivity index (χ3v) is 3.60. The van der Waals surface area contributed by atoms with Crippen LogP contribution in [0.4, 0.5) is 9.59 Å². The summed E-state index contributed by atoms with van der Waals surface area (Å²) in [5, 5.41) is 5.55. The zero-order chi connectivity index (χ0) is 20.1. The number of ether oxygens (including phenoxy) is 2. The van der Waals surface area contributed by atoms with E-state index >= 15 is 0 Å². The molecule has 6 heteroatoms. The maximum Gasteiger partial charge on any atom is 0.407 e. The number of aryl methyl sites for hydroxylation is 1. The van der Waals surface area contributed by atoms with Crippen molar-refractivity contribution in [3.05, 3.63) is 34.4 Å². The summed E-state index contributed by atoms with van der Waals surface area (Å²) in [5.74, 6) is 0. The zero-order valence-corrected chi connectivity index (χ0v) is 17.2. The number of hydrogen-bond acceptors (Lipinski definition) is 4. The van der Waals surface area contributed by atoms with Gasteiger partial charge in [-0.15, -0.1) is 0 Å². The van der Waals surface area contributed by atoms with Crippen molar-refractivity contribution in [1.82, 2.24) is 10.6 Å². The van der Waals surface area contributed by atoms with Crippen LogP contribution in [0.25, 0.3) is 0 Å². The number of hydrogen-bond donors (Lipinski definition) is 2. The van der Waals surface area contributed by atoms with Gasteiger partial charge in [-0.2, -0.15) is 0 Å². The number of rotatable bonds is 4. The van der Waals surface area contributed by atoms with Crippen molar-refractivity contribution in [2.45, 2.75) is 79.7 Å². The highest BCUT2D eigenvalue weighted by Crippen LogP contribution is 2.19. The Kier molecular flexibility index (Phi) is 7.07. The molecular weight excluding hydrogens is 332 g/mol. The van der Waals surface area contributed by atoms with Gasteiger partial charge < -0.3 is 20.1 Å². The smallest absolute Gasteiger partial charge is 0.407 e. The van der Waals surface area contributed by atoms with Gasteiger partial charge in [0.1, 0.15) is 11.2 Å². The average Bonchev–Trinajstić information content (AvgIpc) is 2.43. The maximum atomic E-state index is 11.9. The quantitative estimate of drug-likeness (QED) is 0.832. The van der Waals surface area contributed by atoms with E-state index < -0.39 is 23.4 Å². The summed E-state index contributed by atoms with van der Waals surface area (Å²) in [4.78, 5) is 23.8. The molecular formula is C20H32N2O4. The molecule has 2 amide bonds. The van der Waals surface area contributed by atoms with Crippen LogP contribution in [0.15, 0.2) is 12.1 Å². The number of nitrogens with one attached hydrogen (secondary N) is 2. The largest absolute Gasteiger partial charge is 0.444 e. The first-order valence-electron chi connectivity index (χ1n) is 8.80. The highest BCUT2D eigenvalue weighted by molar-refractivity contribution is 5.68. The third kappa shape index (κ3) is 7.76. The molecule has 0 aliphatic rings. The molecule has 0 aliphatic heterocycles. The predicted molar refractivity (Wildman–Crippen MR) is 102 cm³/mol. The van der Waals surface area contributed by atoms with Gasteiger partial charge in [0.2, 0.25) is 0 Å². The lowest BCUT2D eigenvalue weighted by atomic mass is 9.97. The Hall–Kier alpha value is -2.24. The first kappa shape index (κ1) is 21.8. The summed E-state index contributed by atoms with van der Waals surface area (Å²) < 4.78 is 10.5. The number of alkyl carbamates (subject to hydrolysis) is 2. The number of benzene rings is 1. The molecule has 0 heterocycles. The van der Waals surface area contributed by atoms with Crippen LogP contribution in [0.1, 0.15) is 63.8 Å². The van der Waals surface area contributed by atoms with Gasteiger partial charge in [0.05, 0.1) is 0 Å². The molecule has 26 heavy (non-hydrogen) atoms. The molecule has 0 radical (unpaired) electrons. The molecule has 6 nitrogen and oxygen atoms in total. The van der Waals surface area contributed by atoms with Crippen molar-refractivity contribution < 1.29 is 19.1 Å². The van der Waals surface area contributed by atoms with Crippen molar-refractivity contribution in [2.75, 3.05) is 0 Å². The minimum atomic E-state index is -0.549. The van der Waals surface area contributed by atoms with Crippen molar-refractivity contribution in [2.24, 2.45) is 0 Å². The third-order valence-electron chi connectivity index (χ3n) is 3.60. The van der Waals surface area contributed by atoms with Crippen molar-refractivity contribution in [3.8, 4) is 0 Å². The van der Waals surface area contributed by atoms with Crippen LogP contribution < -0.4 is 10.6 Å². The van der Waals surface area contributed by atoms with Gasteiger partial charge in [-0.1, -0.05) is 12.1 Å². The van der Waals surface area contributed by atoms with E-state index in [1.54, 1.807) is 0 Å². The fourth-order valence-corrected chi connectivity index (χ4v) is 2.30. The minimum Gasteiger partial charge on any atom is -0.444 e. The highest BCUT2D eigenvalue weighted by Gasteiger charge is 2.18. The van der Waals surface area contributed by atoms with Crippen molar-refractivity contribution in [1.29, 1.82) is 0 Å². The van der Waals surface area contributed by atoms with Crippen LogP contribution >= 0.6 is 0 Å². The molecule has 0 unspecified atom stereocenters. The lowest BCUT2D eigenvalue weighted by Gasteiger charge is -2.22. The van der Waals surface area contributed by atoms with E-state index in [1.165, 1.54) is 0 Å². The van der Waals surface area contributed by atoms with Gasteiger partial charge in [-0.25, -0.2) is 9.59 Å². The van der Waals surface area contributed by atoms with Crippen LogP contribution in [0.3, 0.4) is 0 Å². The summed E-state index contributed by atoms with van der Waals surface area (Å²) in [7, 11) is 0. The topological polar surface area (TPSA) is 76.7 Å². The van der Waals surface area contributed by atoms with Crippen LogP contribution in [0, 0.1) is 13.8 Å². The second kappa shape index (κ2) is 8.43. The summed E-state index contributed by atoms with van der Waals surface area (Å²) in [6.07, 6.45) is -0.939.